The molecule has 0 spiro atoms. The lowest BCUT2D eigenvalue weighted by Crippen LogP contribution is -2.20. The van der Waals surface area contributed by atoms with E-state index in [1.165, 1.54) is 0 Å². The molecule has 2 fully saturated rings. The van der Waals surface area contributed by atoms with Crippen molar-refractivity contribution in [1.29, 1.82) is 0 Å². The van der Waals surface area contributed by atoms with Crippen molar-refractivity contribution in [1.82, 2.24) is 0 Å². The molecule has 2 saturated carbocycles. The predicted molar refractivity (Wildman–Crippen MR) is 42.1 cm³/mol. The van der Waals surface area contributed by atoms with Crippen molar-refractivity contribution in [2.24, 2.45) is 11.8 Å². The Bertz CT molecular complexity index is 149. The predicted octanol–water partition coefficient (Wildman–Crippen LogP) is 0.918. The molecular weight excluding hydrogens is 140 g/mol. The summed E-state index contributed by atoms with van der Waals surface area (Å²) in [5.74, 6) is 1.19. The maximum atomic E-state index is 9.70. The Labute approximate surface area is 67.2 Å². The lowest BCUT2D eigenvalue weighted by atomic mass is 10.0. The van der Waals surface area contributed by atoms with Crippen LogP contribution in [0.3, 0.4) is 0 Å². The molecule has 0 heterocycles. The van der Waals surface area contributed by atoms with E-state index in [-0.39, 0.29) is 6.10 Å². The average molecular weight is 156 g/mol. The Kier molecular flexibility index (Phi) is 1.52. The highest BCUT2D eigenvalue weighted by molar-refractivity contribution is 4.97. The molecule has 64 valence electrons. The van der Waals surface area contributed by atoms with E-state index in [1.807, 2.05) is 6.92 Å². The first-order chi connectivity index (χ1) is 5.07. The van der Waals surface area contributed by atoms with Crippen LogP contribution < -0.4 is 0 Å². The number of rotatable bonds is 0. The molecule has 1 unspecified atom stereocenters. The number of fused-ring (bicyclic) bond motifs is 1. The van der Waals surface area contributed by atoms with Gasteiger partial charge >= 0.3 is 0 Å². The van der Waals surface area contributed by atoms with Crippen LogP contribution in [-0.2, 0) is 0 Å². The molecule has 0 aromatic carbocycles. The minimum Gasteiger partial charge on any atom is -0.393 e. The summed E-state index contributed by atoms with van der Waals surface area (Å²) in [4.78, 5) is 0. The Hall–Kier alpha value is -0.0800. The second-order valence-electron chi connectivity index (χ2n) is 4.55. The molecule has 0 aromatic rings. The third kappa shape index (κ3) is 1.30. The van der Waals surface area contributed by atoms with Gasteiger partial charge in [0.15, 0.2) is 0 Å². The van der Waals surface area contributed by atoms with Crippen molar-refractivity contribution >= 4 is 0 Å². The monoisotopic (exact) mass is 156 g/mol. The van der Waals surface area contributed by atoms with Crippen LogP contribution in [0.25, 0.3) is 0 Å². The second kappa shape index (κ2) is 2.20. The van der Waals surface area contributed by atoms with E-state index < -0.39 is 5.60 Å². The highest BCUT2D eigenvalue weighted by atomic mass is 16.3. The first-order valence-corrected chi connectivity index (χ1v) is 4.47. The fourth-order valence-electron chi connectivity index (χ4n) is 2.89. The van der Waals surface area contributed by atoms with E-state index >= 15 is 0 Å². The molecule has 0 saturated heterocycles. The van der Waals surface area contributed by atoms with Crippen LogP contribution in [0.1, 0.15) is 32.6 Å². The maximum absolute atomic E-state index is 9.70. The molecule has 2 rings (SSSR count). The minimum atomic E-state index is -0.435. The highest BCUT2D eigenvalue weighted by Crippen LogP contribution is 2.48. The van der Waals surface area contributed by atoms with Crippen LogP contribution in [0.15, 0.2) is 0 Å². The third-order valence-corrected chi connectivity index (χ3v) is 3.22. The Morgan fingerprint density at radius 2 is 1.64 bits per heavy atom. The van der Waals surface area contributed by atoms with Crippen LogP contribution >= 0.6 is 0 Å². The average Bonchev–Trinajstić information content (AvgIpc) is 2.17. The van der Waals surface area contributed by atoms with Crippen LogP contribution in [0.5, 0.6) is 0 Å². The molecule has 2 heteroatoms. The van der Waals surface area contributed by atoms with E-state index in [1.54, 1.807) is 0 Å². The van der Waals surface area contributed by atoms with Gasteiger partial charge in [-0.3, -0.25) is 0 Å². The van der Waals surface area contributed by atoms with E-state index in [4.69, 9.17) is 0 Å². The van der Waals surface area contributed by atoms with Crippen LogP contribution in [0, 0.1) is 11.8 Å². The van der Waals surface area contributed by atoms with Gasteiger partial charge in [0.1, 0.15) is 0 Å². The summed E-state index contributed by atoms with van der Waals surface area (Å²) in [6, 6.07) is 0. The Morgan fingerprint density at radius 3 is 2.09 bits per heavy atom. The van der Waals surface area contributed by atoms with Crippen LogP contribution in [-0.4, -0.2) is 21.9 Å². The molecule has 2 aliphatic carbocycles. The van der Waals surface area contributed by atoms with Crippen molar-refractivity contribution in [3.8, 4) is 0 Å². The fraction of sp³-hybridized carbons (Fsp3) is 1.00. The quantitative estimate of drug-likeness (QED) is 0.547. The van der Waals surface area contributed by atoms with Crippen molar-refractivity contribution in [2.45, 2.75) is 44.3 Å². The summed E-state index contributed by atoms with van der Waals surface area (Å²) in [7, 11) is 0. The van der Waals surface area contributed by atoms with Crippen molar-refractivity contribution in [2.75, 3.05) is 0 Å². The van der Waals surface area contributed by atoms with E-state index in [0.717, 1.165) is 25.7 Å². The number of hydrogen-bond acceptors (Lipinski definition) is 2. The van der Waals surface area contributed by atoms with Gasteiger partial charge in [-0.2, -0.15) is 0 Å². The summed E-state index contributed by atoms with van der Waals surface area (Å²) < 4.78 is 0. The first kappa shape index (κ1) is 7.56. The molecular formula is C9H16O2. The van der Waals surface area contributed by atoms with Gasteiger partial charge < -0.3 is 10.2 Å². The maximum Gasteiger partial charge on any atom is 0.0625 e. The number of hydrogen-bond donors (Lipinski definition) is 2. The van der Waals surface area contributed by atoms with Crippen molar-refractivity contribution in [3.05, 3.63) is 0 Å². The largest absolute Gasteiger partial charge is 0.393 e. The Morgan fingerprint density at radius 1 is 1.18 bits per heavy atom. The van der Waals surface area contributed by atoms with Crippen LogP contribution in [0.4, 0.5) is 0 Å². The molecule has 4 atom stereocenters. The fourth-order valence-corrected chi connectivity index (χ4v) is 2.89. The zero-order chi connectivity index (χ0) is 8.06. The summed E-state index contributed by atoms with van der Waals surface area (Å²) in [6.45, 7) is 1.91. The molecule has 0 aliphatic heterocycles. The van der Waals surface area contributed by atoms with Crippen molar-refractivity contribution in [3.63, 3.8) is 0 Å². The summed E-state index contributed by atoms with van der Waals surface area (Å²) >= 11 is 0. The van der Waals surface area contributed by atoms with E-state index in [2.05, 4.69) is 0 Å². The summed E-state index contributed by atoms with van der Waals surface area (Å²) in [5, 5.41) is 19.0. The zero-order valence-electron chi connectivity index (χ0n) is 6.95. The number of aliphatic hydroxyl groups is 2. The first-order valence-electron chi connectivity index (χ1n) is 4.47. The van der Waals surface area contributed by atoms with Gasteiger partial charge in [-0.15, -0.1) is 0 Å². The topological polar surface area (TPSA) is 40.5 Å². The summed E-state index contributed by atoms with van der Waals surface area (Å²) in [5.41, 5.74) is -0.435. The smallest absolute Gasteiger partial charge is 0.0625 e. The molecule has 0 amide bonds. The van der Waals surface area contributed by atoms with E-state index in [0.29, 0.717) is 11.8 Å². The lowest BCUT2D eigenvalue weighted by molar-refractivity contribution is 0.0511. The van der Waals surface area contributed by atoms with Gasteiger partial charge in [-0.05, 0) is 44.4 Å². The van der Waals surface area contributed by atoms with Crippen LogP contribution in [0.2, 0.25) is 0 Å². The van der Waals surface area contributed by atoms with Gasteiger partial charge in [0, 0.05) is 0 Å². The normalized spacial score (nSPS) is 56.5. The van der Waals surface area contributed by atoms with E-state index in [9.17, 15) is 10.2 Å². The standard InChI is InChI=1S/C9H16O2/c1-9(11)4-6-2-8(10)3-7(6)5-9/h6-8,10-11H,2-5H2,1H3/t6-,7+,8-,9?. The molecule has 0 radical (unpaired) electrons. The van der Waals surface area contributed by atoms with Gasteiger partial charge in [-0.25, -0.2) is 0 Å². The lowest BCUT2D eigenvalue weighted by Gasteiger charge is -2.17. The van der Waals surface area contributed by atoms with Gasteiger partial charge in [0.05, 0.1) is 11.7 Å². The zero-order valence-corrected chi connectivity index (χ0v) is 6.95. The van der Waals surface area contributed by atoms with Gasteiger partial charge in [-0.1, -0.05) is 0 Å². The van der Waals surface area contributed by atoms with Gasteiger partial charge in [0.25, 0.3) is 0 Å². The molecule has 0 aromatic heterocycles. The highest BCUT2D eigenvalue weighted by Gasteiger charge is 2.45. The third-order valence-electron chi connectivity index (χ3n) is 3.22. The molecule has 2 aliphatic rings. The van der Waals surface area contributed by atoms with Gasteiger partial charge in [0.2, 0.25) is 0 Å². The summed E-state index contributed by atoms with van der Waals surface area (Å²) in [6.07, 6.45) is 3.55. The van der Waals surface area contributed by atoms with Crippen molar-refractivity contribution < 1.29 is 10.2 Å². The molecule has 11 heavy (non-hydrogen) atoms. The number of aliphatic hydroxyl groups excluding tert-OH is 1. The molecule has 2 nitrogen and oxygen atoms in total. The Balaban J connectivity index is 2.04. The molecule has 2 N–H and O–H groups in total. The second-order valence-corrected chi connectivity index (χ2v) is 4.55. The minimum absolute atomic E-state index is 0.0823. The SMILES string of the molecule is CC1(O)C[C@H]2C[C@@H](O)C[C@H]2C1. The molecule has 0 bridgehead atoms.